The van der Waals surface area contributed by atoms with Crippen molar-refractivity contribution in [2.75, 3.05) is 26.7 Å². The van der Waals surface area contributed by atoms with Crippen molar-refractivity contribution in [1.82, 2.24) is 15.1 Å². The van der Waals surface area contributed by atoms with Crippen LogP contribution in [0.5, 0.6) is 0 Å². The van der Waals surface area contributed by atoms with E-state index < -0.39 is 17.3 Å². The van der Waals surface area contributed by atoms with E-state index in [4.69, 9.17) is 10.5 Å². The van der Waals surface area contributed by atoms with Crippen LogP contribution < -0.4 is 11.1 Å². The standard InChI is InChI=1S/C21H38N4O3/c1-20(2,3)28-19(26)23-18-13-16(7-8-17(18)22)25-11-9-15(10-12-25)24(6)14-21(4,5)27/h8,13,15-16,27H,7,9-12,14,22H2,1-6H3,(H,23,26). The van der Waals surface area contributed by atoms with Crippen molar-refractivity contribution in [3.8, 4) is 0 Å². The van der Waals surface area contributed by atoms with Crippen LogP contribution in [0.3, 0.4) is 0 Å². The number of nitrogens with zero attached hydrogens (tertiary/aromatic N) is 2. The van der Waals surface area contributed by atoms with Crippen LogP contribution in [-0.4, -0.2) is 71.0 Å². The van der Waals surface area contributed by atoms with Crippen LogP contribution in [0.2, 0.25) is 0 Å². The summed E-state index contributed by atoms with van der Waals surface area (Å²) in [6, 6.07) is 0.702. The van der Waals surface area contributed by atoms with Crippen molar-refractivity contribution < 1.29 is 14.6 Å². The SMILES string of the molecule is CN(CC(C)(C)O)C1CCN(C2C=C(NC(=O)OC(C)(C)C)C(N)=CC2)CC1. The normalized spacial score (nSPS) is 22.6. The fourth-order valence-corrected chi connectivity index (χ4v) is 3.89. The second-order valence-electron chi connectivity index (χ2n) is 9.66. The minimum atomic E-state index is -0.678. The molecule has 1 fully saturated rings. The molecule has 1 atom stereocenters. The highest BCUT2D eigenvalue weighted by molar-refractivity contribution is 5.71. The number of hydrogen-bond donors (Lipinski definition) is 3. The average Bonchev–Trinajstić information content (AvgIpc) is 2.54. The molecule has 0 bridgehead atoms. The molecule has 0 aromatic rings. The molecule has 2 rings (SSSR count). The number of likely N-dealkylation sites (N-methyl/N-ethyl adjacent to an activating group) is 1. The van der Waals surface area contributed by atoms with Gasteiger partial charge in [0.2, 0.25) is 0 Å². The Kier molecular flexibility index (Phi) is 7.17. The van der Waals surface area contributed by atoms with Gasteiger partial charge in [0.05, 0.1) is 17.0 Å². The minimum absolute atomic E-state index is 0.220. The number of ether oxygens (including phenoxy) is 1. The molecule has 0 aromatic heterocycles. The van der Waals surface area contributed by atoms with Gasteiger partial charge in [0.1, 0.15) is 5.60 Å². The fraction of sp³-hybridized carbons (Fsp3) is 0.762. The molecule has 0 saturated carbocycles. The van der Waals surface area contributed by atoms with Crippen LogP contribution >= 0.6 is 0 Å². The Bertz CT molecular complexity index is 608. The minimum Gasteiger partial charge on any atom is -0.444 e. The van der Waals surface area contributed by atoms with E-state index >= 15 is 0 Å². The molecule has 1 aliphatic carbocycles. The number of carbonyl (C=O) groups excluding carboxylic acids is 1. The number of carbonyl (C=O) groups is 1. The number of nitrogens with one attached hydrogen (secondary N) is 1. The first-order valence-corrected chi connectivity index (χ1v) is 10.2. The lowest BCUT2D eigenvalue weighted by Crippen LogP contribution is -2.50. The smallest absolute Gasteiger partial charge is 0.412 e. The Morgan fingerprint density at radius 3 is 2.46 bits per heavy atom. The number of aliphatic hydroxyl groups is 1. The molecule has 0 spiro atoms. The molecule has 1 unspecified atom stereocenters. The van der Waals surface area contributed by atoms with Crippen molar-refractivity contribution in [3.05, 3.63) is 23.5 Å². The third-order valence-corrected chi connectivity index (χ3v) is 5.11. The number of alkyl carbamates (subject to hydrolysis) is 1. The van der Waals surface area contributed by atoms with E-state index in [-0.39, 0.29) is 6.04 Å². The van der Waals surface area contributed by atoms with Gasteiger partial charge in [-0.05, 0) is 67.0 Å². The lowest BCUT2D eigenvalue weighted by atomic mass is 9.96. The maximum absolute atomic E-state index is 12.1. The Morgan fingerprint density at radius 1 is 1.32 bits per heavy atom. The van der Waals surface area contributed by atoms with Crippen LogP contribution in [0.4, 0.5) is 4.79 Å². The van der Waals surface area contributed by atoms with Gasteiger partial charge in [-0.1, -0.05) is 6.08 Å². The maximum atomic E-state index is 12.1. The van der Waals surface area contributed by atoms with E-state index in [9.17, 15) is 9.90 Å². The Balaban J connectivity index is 1.92. The highest BCUT2D eigenvalue weighted by Crippen LogP contribution is 2.24. The molecular weight excluding hydrogens is 356 g/mol. The molecule has 1 amide bonds. The summed E-state index contributed by atoms with van der Waals surface area (Å²) in [6.45, 7) is 11.8. The van der Waals surface area contributed by atoms with Gasteiger partial charge in [-0.25, -0.2) is 4.79 Å². The summed E-state index contributed by atoms with van der Waals surface area (Å²) in [5.74, 6) is 0. The summed E-state index contributed by atoms with van der Waals surface area (Å²) >= 11 is 0. The number of rotatable bonds is 5. The highest BCUT2D eigenvalue weighted by atomic mass is 16.6. The summed E-state index contributed by atoms with van der Waals surface area (Å²) in [6.07, 6.45) is 6.50. The predicted molar refractivity (Wildman–Crippen MR) is 112 cm³/mol. The Hall–Kier alpha value is -1.57. The molecule has 7 heteroatoms. The van der Waals surface area contributed by atoms with Crippen molar-refractivity contribution in [3.63, 3.8) is 0 Å². The van der Waals surface area contributed by atoms with Crippen LogP contribution in [0.1, 0.15) is 53.9 Å². The van der Waals surface area contributed by atoms with Crippen LogP contribution in [-0.2, 0) is 4.74 Å². The van der Waals surface area contributed by atoms with E-state index in [2.05, 4.69) is 22.2 Å². The first-order chi connectivity index (χ1) is 12.8. The van der Waals surface area contributed by atoms with Crippen LogP contribution in [0, 0.1) is 0 Å². The van der Waals surface area contributed by atoms with Gasteiger partial charge in [-0.2, -0.15) is 0 Å². The summed E-state index contributed by atoms with van der Waals surface area (Å²) in [5, 5.41) is 12.8. The fourth-order valence-electron chi connectivity index (χ4n) is 3.89. The summed E-state index contributed by atoms with van der Waals surface area (Å²) in [4.78, 5) is 16.8. The molecule has 4 N–H and O–H groups in total. The highest BCUT2D eigenvalue weighted by Gasteiger charge is 2.29. The van der Waals surface area contributed by atoms with Crippen molar-refractivity contribution >= 4 is 6.09 Å². The molecule has 1 aliphatic heterocycles. The zero-order valence-corrected chi connectivity index (χ0v) is 18.3. The van der Waals surface area contributed by atoms with Crippen molar-refractivity contribution in [2.45, 2.75) is 77.2 Å². The number of nitrogens with two attached hydrogens (primary N) is 1. The lowest BCUT2D eigenvalue weighted by Gasteiger charge is -2.41. The molecule has 7 nitrogen and oxygen atoms in total. The zero-order valence-electron chi connectivity index (χ0n) is 18.3. The van der Waals surface area contributed by atoms with Gasteiger partial charge in [-0.15, -0.1) is 0 Å². The summed E-state index contributed by atoms with van der Waals surface area (Å²) < 4.78 is 5.34. The molecule has 0 aromatic carbocycles. The summed E-state index contributed by atoms with van der Waals surface area (Å²) in [7, 11) is 2.09. The molecule has 28 heavy (non-hydrogen) atoms. The van der Waals surface area contributed by atoms with E-state index in [0.29, 0.717) is 24.0 Å². The quantitative estimate of drug-likeness (QED) is 0.662. The second-order valence-corrected chi connectivity index (χ2v) is 9.66. The van der Waals surface area contributed by atoms with Crippen molar-refractivity contribution in [2.24, 2.45) is 5.73 Å². The van der Waals surface area contributed by atoms with E-state index in [0.717, 1.165) is 32.4 Å². The Labute approximate surface area is 169 Å². The third kappa shape index (κ3) is 7.11. The number of hydrogen-bond acceptors (Lipinski definition) is 6. The third-order valence-electron chi connectivity index (χ3n) is 5.11. The Morgan fingerprint density at radius 2 is 1.93 bits per heavy atom. The first-order valence-electron chi connectivity index (χ1n) is 10.2. The van der Waals surface area contributed by atoms with Gasteiger partial charge in [-0.3, -0.25) is 10.2 Å². The van der Waals surface area contributed by atoms with Gasteiger partial charge < -0.3 is 20.5 Å². The van der Waals surface area contributed by atoms with Gasteiger partial charge >= 0.3 is 6.09 Å². The predicted octanol–water partition coefficient (Wildman–Crippen LogP) is 2.18. The number of likely N-dealkylation sites (tertiary alicyclic amines) is 1. The first kappa shape index (κ1) is 22.7. The molecule has 1 saturated heterocycles. The monoisotopic (exact) mass is 394 g/mol. The molecular formula is C21H38N4O3. The maximum Gasteiger partial charge on any atom is 0.412 e. The molecule has 160 valence electrons. The van der Waals surface area contributed by atoms with Gasteiger partial charge in [0, 0.05) is 31.7 Å². The average molecular weight is 395 g/mol. The lowest BCUT2D eigenvalue weighted by molar-refractivity contribution is 0.0167. The molecule has 1 heterocycles. The molecule has 0 radical (unpaired) electrons. The van der Waals surface area contributed by atoms with Gasteiger partial charge in [0.25, 0.3) is 0 Å². The zero-order chi connectivity index (χ0) is 21.1. The van der Waals surface area contributed by atoms with Crippen LogP contribution in [0.15, 0.2) is 23.5 Å². The van der Waals surface area contributed by atoms with Crippen molar-refractivity contribution in [1.29, 1.82) is 0 Å². The summed E-state index contributed by atoms with van der Waals surface area (Å²) in [5.41, 5.74) is 6.07. The van der Waals surface area contributed by atoms with E-state index in [1.807, 2.05) is 46.8 Å². The topological polar surface area (TPSA) is 91.1 Å². The van der Waals surface area contributed by atoms with Crippen LogP contribution in [0.25, 0.3) is 0 Å². The van der Waals surface area contributed by atoms with E-state index in [1.165, 1.54) is 0 Å². The molecule has 2 aliphatic rings. The second kappa shape index (κ2) is 8.84. The largest absolute Gasteiger partial charge is 0.444 e. The van der Waals surface area contributed by atoms with E-state index in [1.54, 1.807) is 0 Å². The number of amides is 1. The van der Waals surface area contributed by atoms with Gasteiger partial charge in [0.15, 0.2) is 0 Å². The number of piperidine rings is 1.